The molecule has 0 saturated carbocycles. The van der Waals surface area contributed by atoms with Gasteiger partial charge in [-0.2, -0.15) is 0 Å². The molecule has 20 heavy (non-hydrogen) atoms. The number of hydrogen-bond acceptors (Lipinski definition) is 5. The summed E-state index contributed by atoms with van der Waals surface area (Å²) in [5, 5.41) is 3.42. The summed E-state index contributed by atoms with van der Waals surface area (Å²) in [6.07, 6.45) is 5.88. The second-order valence-electron chi connectivity index (χ2n) is 5.80. The molecule has 2 aromatic heterocycles. The minimum atomic E-state index is 0.505. The van der Waals surface area contributed by atoms with Crippen LogP contribution in [0.3, 0.4) is 0 Å². The van der Waals surface area contributed by atoms with Gasteiger partial charge in [-0.3, -0.25) is 4.90 Å². The van der Waals surface area contributed by atoms with Crippen LogP contribution in [0.25, 0.3) is 11.2 Å². The third-order valence-electron chi connectivity index (χ3n) is 4.10. The largest absolute Gasteiger partial charge is 0.367 e. The van der Waals surface area contributed by atoms with E-state index in [9.17, 15) is 0 Å². The van der Waals surface area contributed by atoms with Gasteiger partial charge in [0.05, 0.1) is 6.33 Å². The Morgan fingerprint density at radius 1 is 1.45 bits per heavy atom. The Balaban J connectivity index is 1.62. The van der Waals surface area contributed by atoms with Crippen LogP contribution in [0.5, 0.6) is 0 Å². The van der Waals surface area contributed by atoms with Gasteiger partial charge in [0.25, 0.3) is 0 Å². The highest BCUT2D eigenvalue weighted by atomic mass is 15.2. The van der Waals surface area contributed by atoms with Crippen LogP contribution in [0, 0.1) is 5.92 Å². The molecular formula is C14H22N6. The zero-order valence-electron chi connectivity index (χ0n) is 12.1. The van der Waals surface area contributed by atoms with Crippen LogP contribution in [0.4, 0.5) is 5.82 Å². The molecule has 0 bridgehead atoms. The number of H-pyrrole nitrogens is 1. The monoisotopic (exact) mass is 274 g/mol. The van der Waals surface area contributed by atoms with Crippen molar-refractivity contribution in [3.63, 3.8) is 0 Å². The molecule has 0 radical (unpaired) electrons. The number of aromatic amines is 1. The first-order chi connectivity index (χ1) is 9.74. The number of hydrogen-bond donors (Lipinski definition) is 2. The van der Waals surface area contributed by atoms with Crippen LogP contribution in [0.1, 0.15) is 26.7 Å². The summed E-state index contributed by atoms with van der Waals surface area (Å²) in [5.41, 5.74) is 1.59. The lowest BCUT2D eigenvalue weighted by Gasteiger charge is -2.35. The van der Waals surface area contributed by atoms with Gasteiger partial charge in [-0.15, -0.1) is 0 Å². The Kier molecular flexibility index (Phi) is 3.82. The molecular weight excluding hydrogens is 252 g/mol. The van der Waals surface area contributed by atoms with Crippen LogP contribution in [-0.2, 0) is 0 Å². The molecule has 6 heteroatoms. The Morgan fingerprint density at radius 3 is 3.20 bits per heavy atom. The van der Waals surface area contributed by atoms with Crippen molar-refractivity contribution in [2.24, 2.45) is 5.92 Å². The van der Waals surface area contributed by atoms with Gasteiger partial charge >= 0.3 is 0 Å². The van der Waals surface area contributed by atoms with E-state index in [2.05, 4.69) is 44.0 Å². The predicted octanol–water partition coefficient (Wildman–Crippen LogP) is 1.89. The maximum atomic E-state index is 4.30. The molecule has 2 aromatic rings. The van der Waals surface area contributed by atoms with Crippen molar-refractivity contribution in [3.8, 4) is 0 Å². The number of fused-ring (bicyclic) bond motifs is 1. The lowest BCUT2D eigenvalue weighted by molar-refractivity contribution is 0.144. The van der Waals surface area contributed by atoms with E-state index in [1.807, 2.05) is 0 Å². The Labute approximate surface area is 119 Å². The minimum Gasteiger partial charge on any atom is -0.367 e. The van der Waals surface area contributed by atoms with Crippen molar-refractivity contribution in [1.29, 1.82) is 0 Å². The van der Waals surface area contributed by atoms with Crippen molar-refractivity contribution in [3.05, 3.63) is 12.7 Å². The third-order valence-corrected chi connectivity index (χ3v) is 4.10. The number of rotatable bonds is 4. The summed E-state index contributed by atoms with van der Waals surface area (Å²) in [7, 11) is 0. The highest BCUT2D eigenvalue weighted by molar-refractivity contribution is 5.81. The highest BCUT2D eigenvalue weighted by Gasteiger charge is 2.20. The number of anilines is 1. The number of piperidine rings is 1. The van der Waals surface area contributed by atoms with E-state index in [1.54, 1.807) is 12.7 Å². The van der Waals surface area contributed by atoms with Crippen LogP contribution < -0.4 is 5.32 Å². The first kappa shape index (κ1) is 13.3. The summed E-state index contributed by atoms with van der Waals surface area (Å²) in [6.45, 7) is 7.90. The molecule has 3 rings (SSSR count). The number of imidazole rings is 1. The lowest BCUT2D eigenvalue weighted by atomic mass is 9.99. The smallest absolute Gasteiger partial charge is 0.182 e. The van der Waals surface area contributed by atoms with E-state index in [-0.39, 0.29) is 0 Å². The van der Waals surface area contributed by atoms with E-state index < -0.39 is 0 Å². The first-order valence-electron chi connectivity index (χ1n) is 7.36. The van der Waals surface area contributed by atoms with Gasteiger partial charge in [-0.1, -0.05) is 6.92 Å². The van der Waals surface area contributed by atoms with Crippen molar-refractivity contribution >= 4 is 17.0 Å². The number of likely N-dealkylation sites (tertiary alicyclic amines) is 1. The fraction of sp³-hybridized carbons (Fsp3) is 0.643. The van der Waals surface area contributed by atoms with Crippen LogP contribution >= 0.6 is 0 Å². The van der Waals surface area contributed by atoms with Crippen molar-refractivity contribution in [1.82, 2.24) is 24.8 Å². The van der Waals surface area contributed by atoms with E-state index in [0.29, 0.717) is 11.7 Å². The summed E-state index contributed by atoms with van der Waals surface area (Å²) in [5.74, 6) is 1.65. The molecule has 0 aromatic carbocycles. The molecule has 0 aliphatic carbocycles. The second kappa shape index (κ2) is 5.75. The normalized spacial score (nSPS) is 22.0. The summed E-state index contributed by atoms with van der Waals surface area (Å²) >= 11 is 0. The minimum absolute atomic E-state index is 0.505. The third kappa shape index (κ3) is 2.75. The molecule has 1 fully saturated rings. The molecule has 0 amide bonds. The molecule has 108 valence electrons. The van der Waals surface area contributed by atoms with Gasteiger partial charge in [-0.05, 0) is 32.2 Å². The van der Waals surface area contributed by atoms with Crippen LogP contribution in [0.2, 0.25) is 0 Å². The maximum Gasteiger partial charge on any atom is 0.182 e. The molecule has 0 unspecified atom stereocenters. The molecule has 2 atom stereocenters. The molecule has 3 heterocycles. The lowest BCUT2D eigenvalue weighted by Crippen LogP contribution is -2.43. The molecule has 0 spiro atoms. The van der Waals surface area contributed by atoms with Crippen molar-refractivity contribution in [2.75, 3.05) is 25.0 Å². The van der Waals surface area contributed by atoms with Gasteiger partial charge in [0.2, 0.25) is 0 Å². The van der Waals surface area contributed by atoms with Crippen LogP contribution in [0.15, 0.2) is 12.7 Å². The number of aromatic nitrogens is 4. The van der Waals surface area contributed by atoms with Gasteiger partial charge in [0.15, 0.2) is 11.5 Å². The van der Waals surface area contributed by atoms with Gasteiger partial charge < -0.3 is 10.3 Å². The number of nitrogens with one attached hydrogen (secondary N) is 2. The SMILES string of the molecule is C[C@@H]1CCCN([C@@H](C)CNc2ncnc3nc[nH]c23)C1. The average molecular weight is 274 g/mol. The van der Waals surface area contributed by atoms with Crippen LogP contribution in [-0.4, -0.2) is 50.5 Å². The summed E-state index contributed by atoms with van der Waals surface area (Å²) in [6, 6.07) is 0.505. The van der Waals surface area contributed by atoms with E-state index in [1.165, 1.54) is 25.9 Å². The van der Waals surface area contributed by atoms with Crippen molar-refractivity contribution < 1.29 is 0 Å². The summed E-state index contributed by atoms with van der Waals surface area (Å²) in [4.78, 5) is 18.2. The molecule has 2 N–H and O–H groups in total. The highest BCUT2D eigenvalue weighted by Crippen LogP contribution is 2.19. The molecule has 1 aliphatic rings. The zero-order chi connectivity index (χ0) is 13.9. The predicted molar refractivity (Wildman–Crippen MR) is 79.6 cm³/mol. The van der Waals surface area contributed by atoms with E-state index in [0.717, 1.165) is 23.8 Å². The van der Waals surface area contributed by atoms with E-state index in [4.69, 9.17) is 0 Å². The Morgan fingerprint density at radius 2 is 2.35 bits per heavy atom. The standard InChI is InChI=1S/C14H22N6/c1-10-4-3-5-20(7-10)11(2)6-15-13-12-14(17-8-16-12)19-9-18-13/h8-11H,3-7H2,1-2H3,(H2,15,16,17,18,19)/t10-,11+/m1/s1. The Bertz CT molecular complexity index is 566. The maximum absolute atomic E-state index is 4.30. The summed E-state index contributed by atoms with van der Waals surface area (Å²) < 4.78 is 0. The molecule has 1 saturated heterocycles. The quantitative estimate of drug-likeness (QED) is 0.891. The molecule has 1 aliphatic heterocycles. The van der Waals surface area contributed by atoms with Gasteiger partial charge in [0.1, 0.15) is 11.8 Å². The molecule has 6 nitrogen and oxygen atoms in total. The zero-order valence-corrected chi connectivity index (χ0v) is 12.1. The average Bonchev–Trinajstić information content (AvgIpc) is 2.93. The van der Waals surface area contributed by atoms with Gasteiger partial charge in [0, 0.05) is 19.1 Å². The Hall–Kier alpha value is -1.69. The topological polar surface area (TPSA) is 69.7 Å². The fourth-order valence-electron chi connectivity index (χ4n) is 2.90. The van der Waals surface area contributed by atoms with Gasteiger partial charge in [-0.25, -0.2) is 15.0 Å². The first-order valence-corrected chi connectivity index (χ1v) is 7.36. The van der Waals surface area contributed by atoms with E-state index >= 15 is 0 Å². The fourth-order valence-corrected chi connectivity index (χ4v) is 2.90. The van der Waals surface area contributed by atoms with Crippen molar-refractivity contribution in [2.45, 2.75) is 32.7 Å². The second-order valence-corrected chi connectivity index (χ2v) is 5.80. The number of nitrogens with zero attached hydrogens (tertiary/aromatic N) is 4.